The molecule has 1 fully saturated rings. The Labute approximate surface area is 141 Å². The lowest BCUT2D eigenvalue weighted by atomic mass is 10.0. The molecule has 2 N–H and O–H groups in total. The summed E-state index contributed by atoms with van der Waals surface area (Å²) in [6.45, 7) is 0.460. The van der Waals surface area contributed by atoms with E-state index in [1.165, 1.54) is 0 Å². The average molecular weight is 357 g/mol. The Bertz CT molecular complexity index is 591. The lowest BCUT2D eigenvalue weighted by Crippen LogP contribution is -2.40. The molecule has 0 bridgehead atoms. The average Bonchev–Trinajstić information content (AvgIpc) is 2.59. The molecular weight excluding hydrogens is 333 g/mol. The minimum Gasteiger partial charge on any atom is -0.497 e. The first-order valence-electron chi connectivity index (χ1n) is 7.99. The standard InChI is InChI=1S/C16H24NO6P/c1-22-14-5-7-15(8-6-14)24(20,21)17-10-3-2-4-13(17)9-11-23-12-16(18)19/h5-8,13H,2-4,9-12H2,1H3,(H,18,19)(H,20,21). The molecule has 0 aromatic heterocycles. The Hall–Kier alpha value is -1.40. The maximum absolute atomic E-state index is 13.0. The van der Waals surface area contributed by atoms with E-state index in [0.717, 1.165) is 19.3 Å². The van der Waals surface area contributed by atoms with Crippen LogP contribution in [-0.4, -0.2) is 53.5 Å². The number of carboxylic acids is 1. The van der Waals surface area contributed by atoms with Gasteiger partial charge >= 0.3 is 5.97 Å². The van der Waals surface area contributed by atoms with Crippen LogP contribution in [0.15, 0.2) is 24.3 Å². The third-order valence-corrected chi connectivity index (χ3v) is 6.37. The topological polar surface area (TPSA) is 96.3 Å². The fraction of sp³-hybridized carbons (Fsp3) is 0.562. The molecule has 24 heavy (non-hydrogen) atoms. The van der Waals surface area contributed by atoms with Gasteiger partial charge in [0.05, 0.1) is 12.4 Å². The molecule has 1 heterocycles. The second-order valence-electron chi connectivity index (χ2n) is 5.79. The molecule has 2 atom stereocenters. The Morgan fingerprint density at radius 3 is 2.67 bits per heavy atom. The van der Waals surface area contributed by atoms with Crippen molar-refractivity contribution in [3.63, 3.8) is 0 Å². The van der Waals surface area contributed by atoms with E-state index < -0.39 is 13.5 Å². The lowest BCUT2D eigenvalue weighted by Gasteiger charge is -2.38. The molecule has 0 saturated carbocycles. The number of benzene rings is 1. The summed E-state index contributed by atoms with van der Waals surface area (Å²) >= 11 is 0. The van der Waals surface area contributed by atoms with E-state index in [0.29, 0.717) is 24.0 Å². The van der Waals surface area contributed by atoms with Gasteiger partial charge < -0.3 is 19.5 Å². The van der Waals surface area contributed by atoms with Gasteiger partial charge in [-0.15, -0.1) is 0 Å². The Balaban J connectivity index is 2.06. The SMILES string of the molecule is COc1ccc(P(=O)(O)N2CCCCC2CCOCC(=O)O)cc1. The van der Waals surface area contributed by atoms with Crippen molar-refractivity contribution in [1.82, 2.24) is 4.67 Å². The maximum atomic E-state index is 13.0. The Morgan fingerprint density at radius 2 is 2.04 bits per heavy atom. The van der Waals surface area contributed by atoms with Crippen LogP contribution in [-0.2, 0) is 14.1 Å². The second-order valence-corrected chi connectivity index (χ2v) is 7.91. The highest BCUT2D eigenvalue weighted by atomic mass is 31.2. The van der Waals surface area contributed by atoms with Crippen LogP contribution in [0, 0.1) is 0 Å². The molecule has 1 aromatic rings. The van der Waals surface area contributed by atoms with Crippen LogP contribution in [0.1, 0.15) is 25.7 Å². The van der Waals surface area contributed by atoms with E-state index in [2.05, 4.69) is 0 Å². The van der Waals surface area contributed by atoms with Gasteiger partial charge in [0.25, 0.3) is 7.52 Å². The van der Waals surface area contributed by atoms with Gasteiger partial charge in [0, 0.05) is 19.2 Å². The number of rotatable bonds is 8. The number of methoxy groups -OCH3 is 1. The molecule has 2 rings (SSSR count). The first-order chi connectivity index (χ1) is 11.4. The van der Waals surface area contributed by atoms with Crippen molar-refractivity contribution in [2.75, 3.05) is 26.9 Å². The number of carboxylic acid groups (broad SMARTS) is 1. The predicted octanol–water partition coefficient (Wildman–Crippen LogP) is 1.85. The molecule has 2 unspecified atom stereocenters. The van der Waals surface area contributed by atoms with Gasteiger partial charge in [-0.25, -0.2) is 9.46 Å². The molecule has 134 valence electrons. The largest absolute Gasteiger partial charge is 0.497 e. The van der Waals surface area contributed by atoms with Crippen molar-refractivity contribution >= 4 is 18.8 Å². The third-order valence-electron chi connectivity index (χ3n) is 4.17. The van der Waals surface area contributed by atoms with Gasteiger partial charge in [-0.2, -0.15) is 0 Å². The molecule has 0 aliphatic carbocycles. The quantitative estimate of drug-likeness (QED) is 0.541. The smallest absolute Gasteiger partial charge is 0.329 e. The predicted molar refractivity (Wildman–Crippen MR) is 89.9 cm³/mol. The summed E-state index contributed by atoms with van der Waals surface area (Å²) < 4.78 is 24.8. The Morgan fingerprint density at radius 1 is 1.33 bits per heavy atom. The van der Waals surface area contributed by atoms with Crippen LogP contribution in [0.25, 0.3) is 0 Å². The second kappa shape index (κ2) is 8.62. The summed E-state index contributed by atoms with van der Waals surface area (Å²) in [6.07, 6.45) is 3.20. The molecule has 1 aromatic carbocycles. The number of carbonyl (C=O) groups is 1. The van der Waals surface area contributed by atoms with Gasteiger partial charge in [0.1, 0.15) is 12.4 Å². The molecule has 1 saturated heterocycles. The molecular formula is C16H24NO6P. The number of hydrogen-bond donors (Lipinski definition) is 2. The first kappa shape index (κ1) is 18.9. The summed E-state index contributed by atoms with van der Waals surface area (Å²) in [5.41, 5.74) is 0. The fourth-order valence-electron chi connectivity index (χ4n) is 2.94. The zero-order valence-corrected chi connectivity index (χ0v) is 14.7. The van der Waals surface area contributed by atoms with E-state index in [4.69, 9.17) is 14.6 Å². The molecule has 1 aliphatic heterocycles. The third kappa shape index (κ3) is 4.80. The summed E-state index contributed by atoms with van der Waals surface area (Å²) in [6, 6.07) is 6.49. The number of ether oxygens (including phenoxy) is 2. The summed E-state index contributed by atoms with van der Waals surface area (Å²) in [5, 5.41) is 8.97. The van der Waals surface area contributed by atoms with Crippen molar-refractivity contribution in [3.8, 4) is 5.75 Å². The molecule has 0 spiro atoms. The summed E-state index contributed by atoms with van der Waals surface area (Å²) in [4.78, 5) is 21.2. The molecule has 0 amide bonds. The highest BCUT2D eigenvalue weighted by molar-refractivity contribution is 7.63. The van der Waals surface area contributed by atoms with E-state index >= 15 is 0 Å². The van der Waals surface area contributed by atoms with E-state index in [9.17, 15) is 14.3 Å². The summed E-state index contributed by atoms with van der Waals surface area (Å²) in [5.74, 6) is -0.377. The van der Waals surface area contributed by atoms with Crippen molar-refractivity contribution in [2.24, 2.45) is 0 Å². The molecule has 1 aliphatic rings. The van der Waals surface area contributed by atoms with Gasteiger partial charge in [0.15, 0.2) is 0 Å². The van der Waals surface area contributed by atoms with Crippen LogP contribution in [0.5, 0.6) is 5.75 Å². The van der Waals surface area contributed by atoms with Gasteiger partial charge in [-0.1, -0.05) is 6.42 Å². The number of piperidine rings is 1. The highest BCUT2D eigenvalue weighted by Crippen LogP contribution is 2.48. The summed E-state index contributed by atoms with van der Waals surface area (Å²) in [7, 11) is -2.12. The zero-order chi connectivity index (χ0) is 17.6. The number of aliphatic carboxylic acids is 1. The lowest BCUT2D eigenvalue weighted by molar-refractivity contribution is -0.142. The van der Waals surface area contributed by atoms with E-state index in [-0.39, 0.29) is 19.3 Å². The maximum Gasteiger partial charge on any atom is 0.329 e. The number of hydrogen-bond acceptors (Lipinski definition) is 4. The molecule has 8 heteroatoms. The van der Waals surface area contributed by atoms with E-state index in [1.807, 2.05) is 0 Å². The van der Waals surface area contributed by atoms with Crippen molar-refractivity contribution in [1.29, 1.82) is 0 Å². The molecule has 0 radical (unpaired) electrons. The normalized spacial score (nSPS) is 21.2. The van der Waals surface area contributed by atoms with Crippen LogP contribution >= 0.6 is 7.52 Å². The minimum atomic E-state index is -3.67. The fourth-order valence-corrected chi connectivity index (χ4v) is 4.86. The van der Waals surface area contributed by atoms with Gasteiger partial charge in [-0.3, -0.25) is 4.57 Å². The highest BCUT2D eigenvalue weighted by Gasteiger charge is 2.37. The first-order valence-corrected chi connectivity index (χ1v) is 9.60. The van der Waals surface area contributed by atoms with Crippen molar-refractivity contribution in [2.45, 2.75) is 31.7 Å². The van der Waals surface area contributed by atoms with E-state index in [1.54, 1.807) is 36.0 Å². The van der Waals surface area contributed by atoms with Gasteiger partial charge in [0.2, 0.25) is 0 Å². The van der Waals surface area contributed by atoms with Crippen LogP contribution in [0.3, 0.4) is 0 Å². The molecule has 7 nitrogen and oxygen atoms in total. The zero-order valence-electron chi connectivity index (χ0n) is 13.8. The van der Waals surface area contributed by atoms with Crippen molar-refractivity contribution in [3.05, 3.63) is 24.3 Å². The van der Waals surface area contributed by atoms with Crippen LogP contribution in [0.4, 0.5) is 0 Å². The van der Waals surface area contributed by atoms with Crippen LogP contribution < -0.4 is 10.0 Å². The Kier molecular flexibility index (Phi) is 6.80. The monoisotopic (exact) mass is 357 g/mol. The van der Waals surface area contributed by atoms with Crippen molar-refractivity contribution < 1.29 is 28.8 Å². The minimum absolute atomic E-state index is 0.0921. The number of nitrogens with zero attached hydrogens (tertiary/aromatic N) is 1. The van der Waals surface area contributed by atoms with Crippen LogP contribution in [0.2, 0.25) is 0 Å². The van der Waals surface area contributed by atoms with Gasteiger partial charge in [-0.05, 0) is 43.5 Å².